The number of rotatable bonds is 5. The summed E-state index contributed by atoms with van der Waals surface area (Å²) in [4.78, 5) is 5.47. The van der Waals surface area contributed by atoms with Crippen LogP contribution in [0.1, 0.15) is 29.7 Å². The number of hydrogen-bond acceptors (Lipinski definition) is 3. The molecule has 0 amide bonds. The lowest BCUT2D eigenvalue weighted by molar-refractivity contribution is 0.669. The molecule has 0 fully saturated rings. The molecule has 0 saturated carbocycles. The van der Waals surface area contributed by atoms with Crippen LogP contribution < -0.4 is 5.32 Å². The molecule has 0 spiro atoms. The largest absolute Gasteiger partial charge is 0.456 e. The van der Waals surface area contributed by atoms with Gasteiger partial charge in [0.15, 0.2) is 0 Å². The standard InChI is InChI=1S/C49H34N2O/c1-31-47(34-26-24-33(25-27-34)32-14-4-2-5-15-32)50-49(35-16-6-3-7-17-35)51-48(31)43-29-37(30-45-46(43)41-22-12-13-23-44(41)52-45)42-28-36-18-8-9-19-38(36)39-20-10-11-21-40(39)42/h2-30,47H,1H3,(H,50,51). The highest BCUT2D eigenvalue weighted by molar-refractivity contribution is 6.17. The van der Waals surface area contributed by atoms with Crippen molar-refractivity contribution in [1.29, 1.82) is 0 Å². The van der Waals surface area contributed by atoms with E-state index in [0.29, 0.717) is 0 Å². The number of amidine groups is 1. The SMILES string of the molecule is CC1=C(c2cc(-c3cc4ccccc4c4ccccc34)cc3oc4ccccc4c23)N=C(c2ccccc2)NC1c1ccc(-c2ccccc2)cc1. The van der Waals surface area contributed by atoms with Gasteiger partial charge in [-0.15, -0.1) is 0 Å². The van der Waals surface area contributed by atoms with Crippen molar-refractivity contribution in [3.8, 4) is 22.3 Å². The molecule has 1 N–H and O–H groups in total. The number of benzene rings is 8. The monoisotopic (exact) mass is 666 g/mol. The summed E-state index contributed by atoms with van der Waals surface area (Å²) in [5, 5.41) is 10.9. The topological polar surface area (TPSA) is 37.5 Å². The molecule has 3 nitrogen and oxygen atoms in total. The maximum atomic E-state index is 6.67. The van der Waals surface area contributed by atoms with Crippen molar-refractivity contribution < 1.29 is 4.42 Å². The Kier molecular flexibility index (Phi) is 7.10. The Morgan fingerprint density at radius 2 is 1.10 bits per heavy atom. The van der Waals surface area contributed by atoms with Crippen LogP contribution in [0.15, 0.2) is 191 Å². The predicted octanol–water partition coefficient (Wildman–Crippen LogP) is 12.7. The Bertz CT molecular complexity index is 2860. The van der Waals surface area contributed by atoms with Gasteiger partial charge >= 0.3 is 0 Å². The molecule has 0 saturated heterocycles. The summed E-state index contributed by atoms with van der Waals surface area (Å²) in [6, 6.07) is 62.4. The van der Waals surface area contributed by atoms with Crippen molar-refractivity contribution in [1.82, 2.24) is 5.32 Å². The van der Waals surface area contributed by atoms with Crippen molar-refractivity contribution in [2.45, 2.75) is 13.0 Å². The van der Waals surface area contributed by atoms with E-state index in [4.69, 9.17) is 9.41 Å². The van der Waals surface area contributed by atoms with E-state index in [1.54, 1.807) is 0 Å². The second-order valence-electron chi connectivity index (χ2n) is 13.6. The fourth-order valence-corrected chi connectivity index (χ4v) is 7.95. The van der Waals surface area contributed by atoms with E-state index >= 15 is 0 Å². The minimum absolute atomic E-state index is 0.0918. The maximum Gasteiger partial charge on any atom is 0.136 e. The van der Waals surface area contributed by atoms with Gasteiger partial charge in [0.1, 0.15) is 17.0 Å². The second-order valence-corrected chi connectivity index (χ2v) is 13.6. The molecule has 52 heavy (non-hydrogen) atoms. The highest BCUT2D eigenvalue weighted by Crippen LogP contribution is 2.44. The first-order valence-electron chi connectivity index (χ1n) is 17.8. The minimum atomic E-state index is -0.0918. The fourth-order valence-electron chi connectivity index (χ4n) is 7.95. The fraction of sp³-hybridized carbons (Fsp3) is 0.0408. The third-order valence-corrected chi connectivity index (χ3v) is 10.5. The number of furan rings is 1. The summed E-state index contributed by atoms with van der Waals surface area (Å²) < 4.78 is 6.67. The van der Waals surface area contributed by atoms with E-state index in [0.717, 1.165) is 55.7 Å². The molecule has 1 aromatic heterocycles. The summed E-state index contributed by atoms with van der Waals surface area (Å²) in [7, 11) is 0. The predicted molar refractivity (Wildman–Crippen MR) is 217 cm³/mol. The molecule has 10 rings (SSSR count). The van der Waals surface area contributed by atoms with Gasteiger partial charge in [-0.3, -0.25) is 0 Å². The lowest BCUT2D eigenvalue weighted by Crippen LogP contribution is -2.33. The van der Waals surface area contributed by atoms with E-state index in [9.17, 15) is 0 Å². The third kappa shape index (κ3) is 5.01. The lowest BCUT2D eigenvalue weighted by atomic mass is 9.88. The zero-order valence-corrected chi connectivity index (χ0v) is 28.7. The van der Waals surface area contributed by atoms with Crippen LogP contribution in [0.2, 0.25) is 0 Å². The third-order valence-electron chi connectivity index (χ3n) is 10.5. The Hall–Kier alpha value is -6.71. The molecule has 0 bridgehead atoms. The number of nitrogens with zero attached hydrogens (tertiary/aromatic N) is 1. The van der Waals surface area contributed by atoms with Gasteiger partial charge in [-0.1, -0.05) is 152 Å². The van der Waals surface area contributed by atoms with Crippen molar-refractivity contribution in [2.24, 2.45) is 4.99 Å². The van der Waals surface area contributed by atoms with Gasteiger partial charge in [0.2, 0.25) is 0 Å². The van der Waals surface area contributed by atoms with Crippen LogP contribution in [0.25, 0.3) is 71.4 Å². The average molecular weight is 667 g/mol. The molecule has 246 valence electrons. The Morgan fingerprint density at radius 3 is 1.87 bits per heavy atom. The van der Waals surface area contributed by atoms with E-state index in [1.807, 2.05) is 12.1 Å². The van der Waals surface area contributed by atoms with E-state index in [2.05, 4.69) is 176 Å². The van der Waals surface area contributed by atoms with Crippen LogP contribution in [0, 0.1) is 0 Å². The van der Waals surface area contributed by atoms with Crippen LogP contribution in [-0.2, 0) is 0 Å². The average Bonchev–Trinajstić information content (AvgIpc) is 3.60. The number of aliphatic imine (C=N–C) groups is 1. The first kappa shape index (κ1) is 30.1. The van der Waals surface area contributed by atoms with Crippen molar-refractivity contribution >= 4 is 55.0 Å². The van der Waals surface area contributed by atoms with E-state index in [1.165, 1.54) is 43.8 Å². The van der Waals surface area contributed by atoms with Crippen LogP contribution in [0.4, 0.5) is 0 Å². The smallest absolute Gasteiger partial charge is 0.136 e. The summed E-state index contributed by atoms with van der Waals surface area (Å²) in [5.74, 6) is 0.848. The van der Waals surface area contributed by atoms with Gasteiger partial charge < -0.3 is 9.73 Å². The quantitative estimate of drug-likeness (QED) is 0.186. The summed E-state index contributed by atoms with van der Waals surface area (Å²) >= 11 is 0. The van der Waals surface area contributed by atoms with Gasteiger partial charge in [-0.2, -0.15) is 0 Å². The van der Waals surface area contributed by atoms with E-state index in [-0.39, 0.29) is 6.04 Å². The molecule has 1 aliphatic rings. The molecule has 1 aliphatic heterocycles. The summed E-state index contributed by atoms with van der Waals surface area (Å²) in [6.45, 7) is 2.22. The molecule has 9 aromatic rings. The number of hydrogen-bond donors (Lipinski definition) is 1. The molecule has 0 aliphatic carbocycles. The summed E-state index contributed by atoms with van der Waals surface area (Å²) in [6.07, 6.45) is 0. The van der Waals surface area contributed by atoms with Crippen molar-refractivity contribution in [3.63, 3.8) is 0 Å². The summed E-state index contributed by atoms with van der Waals surface area (Å²) in [5.41, 5.74) is 11.8. The second kappa shape index (κ2) is 12.3. The number of nitrogens with one attached hydrogen (secondary N) is 1. The van der Waals surface area contributed by atoms with Crippen LogP contribution in [-0.4, -0.2) is 5.84 Å². The molecular formula is C49H34N2O. The Morgan fingerprint density at radius 1 is 0.481 bits per heavy atom. The zero-order valence-electron chi connectivity index (χ0n) is 28.7. The molecule has 1 unspecified atom stereocenters. The molecule has 3 heteroatoms. The van der Waals surface area contributed by atoms with Gasteiger partial charge in [-0.05, 0) is 86.1 Å². The number of fused-ring (bicyclic) bond motifs is 6. The lowest BCUT2D eigenvalue weighted by Gasteiger charge is -2.29. The zero-order chi connectivity index (χ0) is 34.6. The maximum absolute atomic E-state index is 6.67. The number of para-hydroxylation sites is 1. The van der Waals surface area contributed by atoms with Crippen LogP contribution in [0.3, 0.4) is 0 Å². The molecule has 2 heterocycles. The molecule has 8 aromatic carbocycles. The normalized spacial score (nSPS) is 14.6. The highest BCUT2D eigenvalue weighted by Gasteiger charge is 2.28. The molecular weight excluding hydrogens is 633 g/mol. The van der Waals surface area contributed by atoms with Crippen molar-refractivity contribution in [3.05, 3.63) is 198 Å². The Balaban J connectivity index is 1.23. The van der Waals surface area contributed by atoms with Crippen molar-refractivity contribution in [2.75, 3.05) is 0 Å². The van der Waals surface area contributed by atoms with Gasteiger partial charge in [0, 0.05) is 21.9 Å². The van der Waals surface area contributed by atoms with Gasteiger partial charge in [-0.25, -0.2) is 4.99 Å². The highest BCUT2D eigenvalue weighted by atomic mass is 16.3. The first-order valence-corrected chi connectivity index (χ1v) is 17.8. The van der Waals surface area contributed by atoms with Crippen LogP contribution >= 0.6 is 0 Å². The minimum Gasteiger partial charge on any atom is -0.456 e. The van der Waals surface area contributed by atoms with Crippen LogP contribution in [0.5, 0.6) is 0 Å². The first-order chi connectivity index (χ1) is 25.7. The van der Waals surface area contributed by atoms with Gasteiger partial charge in [0.25, 0.3) is 0 Å². The molecule has 1 atom stereocenters. The van der Waals surface area contributed by atoms with Gasteiger partial charge in [0.05, 0.1) is 11.7 Å². The Labute approximate surface area is 302 Å². The van der Waals surface area contributed by atoms with E-state index < -0.39 is 0 Å². The molecule has 0 radical (unpaired) electrons.